The smallest absolute Gasteiger partial charge is 0.248 e. The molecule has 0 bridgehead atoms. The van der Waals surface area contributed by atoms with Gasteiger partial charge >= 0.3 is 0 Å². The average Bonchev–Trinajstić information content (AvgIpc) is 2.74. The summed E-state index contributed by atoms with van der Waals surface area (Å²) in [6.45, 7) is 1.73. The van der Waals surface area contributed by atoms with Gasteiger partial charge in [0.15, 0.2) is 5.75 Å². The largest absolute Gasteiger partial charge is 0.455 e. The number of hydrogen-bond acceptors (Lipinski definition) is 4. The van der Waals surface area contributed by atoms with Gasteiger partial charge in [-0.05, 0) is 61.0 Å². The zero-order valence-electron chi connectivity index (χ0n) is 17.5. The van der Waals surface area contributed by atoms with Crippen molar-refractivity contribution in [2.75, 3.05) is 15.9 Å². The Bertz CT molecular complexity index is 1190. The van der Waals surface area contributed by atoms with Crippen LogP contribution in [0.4, 0.5) is 11.4 Å². The number of rotatable bonds is 8. The first kappa shape index (κ1) is 23.9. The highest BCUT2D eigenvalue weighted by Crippen LogP contribution is 2.33. The minimum atomic E-state index is -3.77. The highest BCUT2D eigenvalue weighted by Gasteiger charge is 2.32. The average molecular weight is 493 g/mol. The molecule has 9 heteroatoms. The number of amides is 1. The highest BCUT2D eigenvalue weighted by atomic mass is 35.5. The molecule has 3 rings (SSSR count). The Hall–Kier alpha value is -2.74. The lowest BCUT2D eigenvalue weighted by molar-refractivity contribution is -0.117. The van der Waals surface area contributed by atoms with Crippen molar-refractivity contribution in [3.63, 3.8) is 0 Å². The molecule has 0 saturated heterocycles. The summed E-state index contributed by atoms with van der Waals surface area (Å²) in [4.78, 5) is 13.2. The van der Waals surface area contributed by atoms with Gasteiger partial charge in [-0.15, -0.1) is 0 Å². The molecule has 0 aliphatic rings. The van der Waals surface area contributed by atoms with E-state index in [4.69, 9.17) is 27.9 Å². The SMILES string of the molecule is CCC(C(=O)Nc1cc(Cl)ccc1Oc1ccccc1)N(c1ccc(Cl)cc1)S(C)(=O)=O. The first-order chi connectivity index (χ1) is 15.2. The fraction of sp³-hybridized carbons (Fsp3) is 0.174. The summed E-state index contributed by atoms with van der Waals surface area (Å²) in [7, 11) is -3.77. The number of nitrogens with zero attached hydrogens (tertiary/aromatic N) is 1. The highest BCUT2D eigenvalue weighted by molar-refractivity contribution is 7.92. The van der Waals surface area contributed by atoms with Gasteiger partial charge in [0.25, 0.3) is 0 Å². The van der Waals surface area contributed by atoms with Crippen LogP contribution in [0.5, 0.6) is 11.5 Å². The molecule has 1 unspecified atom stereocenters. The third-order valence-electron chi connectivity index (χ3n) is 4.58. The van der Waals surface area contributed by atoms with E-state index in [1.54, 1.807) is 61.5 Å². The molecule has 0 spiro atoms. The van der Waals surface area contributed by atoms with E-state index in [0.717, 1.165) is 10.6 Å². The van der Waals surface area contributed by atoms with Crippen molar-refractivity contribution >= 4 is 50.5 Å². The maximum atomic E-state index is 13.2. The molecule has 3 aromatic rings. The molecule has 0 radical (unpaired) electrons. The zero-order chi connectivity index (χ0) is 23.3. The summed E-state index contributed by atoms with van der Waals surface area (Å²) in [5.74, 6) is 0.436. The molecule has 1 atom stereocenters. The zero-order valence-corrected chi connectivity index (χ0v) is 19.8. The number of anilines is 2. The monoisotopic (exact) mass is 492 g/mol. The lowest BCUT2D eigenvalue weighted by Gasteiger charge is -2.30. The van der Waals surface area contributed by atoms with Crippen LogP contribution in [0.25, 0.3) is 0 Å². The molecule has 1 amide bonds. The summed E-state index contributed by atoms with van der Waals surface area (Å²) in [6.07, 6.45) is 1.29. The summed E-state index contributed by atoms with van der Waals surface area (Å²) in [5.41, 5.74) is 0.667. The molecule has 0 aliphatic carbocycles. The number of hydrogen-bond donors (Lipinski definition) is 1. The molecular weight excluding hydrogens is 471 g/mol. The van der Waals surface area contributed by atoms with Crippen LogP contribution in [0.3, 0.4) is 0 Å². The molecule has 0 fully saturated rings. The number of halogens is 2. The number of benzene rings is 3. The molecule has 3 aromatic carbocycles. The van der Waals surface area contributed by atoms with Crippen LogP contribution < -0.4 is 14.4 Å². The van der Waals surface area contributed by atoms with Crippen LogP contribution in [0.1, 0.15) is 13.3 Å². The van der Waals surface area contributed by atoms with Gasteiger partial charge in [0, 0.05) is 10.0 Å². The Morgan fingerprint density at radius 2 is 1.62 bits per heavy atom. The Morgan fingerprint density at radius 3 is 2.22 bits per heavy atom. The summed E-state index contributed by atoms with van der Waals surface area (Å²) < 4.78 is 32.2. The number of ether oxygens (including phenoxy) is 1. The van der Waals surface area contributed by atoms with Crippen molar-refractivity contribution in [3.05, 3.63) is 82.8 Å². The van der Waals surface area contributed by atoms with Crippen molar-refractivity contribution in [1.29, 1.82) is 0 Å². The molecule has 1 N–H and O–H groups in total. The third-order valence-corrected chi connectivity index (χ3v) is 6.25. The number of para-hydroxylation sites is 1. The van der Waals surface area contributed by atoms with Gasteiger partial charge < -0.3 is 10.1 Å². The topological polar surface area (TPSA) is 75.7 Å². The van der Waals surface area contributed by atoms with Crippen LogP contribution in [-0.4, -0.2) is 26.6 Å². The van der Waals surface area contributed by atoms with E-state index in [0.29, 0.717) is 32.9 Å². The Morgan fingerprint density at radius 1 is 1.00 bits per heavy atom. The molecule has 168 valence electrons. The molecule has 6 nitrogen and oxygen atoms in total. The van der Waals surface area contributed by atoms with E-state index < -0.39 is 22.0 Å². The number of carbonyl (C=O) groups is 1. The first-order valence-electron chi connectivity index (χ1n) is 9.77. The molecule has 0 saturated carbocycles. The van der Waals surface area contributed by atoms with Crippen LogP contribution in [0.15, 0.2) is 72.8 Å². The summed E-state index contributed by atoms with van der Waals surface area (Å²) in [5, 5.41) is 3.63. The molecule has 0 aromatic heterocycles. The number of carbonyl (C=O) groups excluding carboxylic acids is 1. The molecular formula is C23H22Cl2N2O4S. The van der Waals surface area contributed by atoms with Crippen molar-refractivity contribution in [2.24, 2.45) is 0 Å². The standard InChI is InChI=1S/C23H22Cl2N2O4S/c1-3-21(27(32(2,29)30)18-12-9-16(24)10-13-18)23(28)26-20-15-17(25)11-14-22(20)31-19-7-5-4-6-8-19/h4-15,21H,3H2,1-2H3,(H,26,28). The second kappa shape index (κ2) is 10.3. The van der Waals surface area contributed by atoms with Crippen LogP contribution in [0.2, 0.25) is 10.0 Å². The van der Waals surface area contributed by atoms with Crippen LogP contribution in [0, 0.1) is 0 Å². The Labute approximate surface area is 197 Å². The lowest BCUT2D eigenvalue weighted by Crippen LogP contribution is -2.47. The number of nitrogens with one attached hydrogen (secondary N) is 1. The quantitative estimate of drug-likeness (QED) is 0.420. The van der Waals surface area contributed by atoms with Gasteiger partial charge in [0.05, 0.1) is 17.6 Å². The fourth-order valence-corrected chi connectivity index (χ4v) is 4.68. The van der Waals surface area contributed by atoms with Gasteiger partial charge in [-0.25, -0.2) is 8.42 Å². The third kappa shape index (κ3) is 5.94. The normalized spacial score (nSPS) is 12.1. The predicted molar refractivity (Wildman–Crippen MR) is 129 cm³/mol. The fourth-order valence-electron chi connectivity index (χ4n) is 3.17. The van der Waals surface area contributed by atoms with Gasteiger partial charge in [-0.3, -0.25) is 9.10 Å². The van der Waals surface area contributed by atoms with Gasteiger partial charge in [0.1, 0.15) is 11.8 Å². The van der Waals surface area contributed by atoms with E-state index in [-0.39, 0.29) is 6.42 Å². The second-order valence-corrected chi connectivity index (χ2v) is 9.74. The van der Waals surface area contributed by atoms with Crippen molar-refractivity contribution in [1.82, 2.24) is 0 Å². The van der Waals surface area contributed by atoms with E-state index in [2.05, 4.69) is 5.32 Å². The van der Waals surface area contributed by atoms with Gasteiger partial charge in [-0.2, -0.15) is 0 Å². The maximum Gasteiger partial charge on any atom is 0.248 e. The van der Waals surface area contributed by atoms with Crippen molar-refractivity contribution < 1.29 is 17.9 Å². The Kier molecular flexibility index (Phi) is 7.66. The van der Waals surface area contributed by atoms with Gasteiger partial charge in [-0.1, -0.05) is 48.3 Å². The van der Waals surface area contributed by atoms with Crippen molar-refractivity contribution in [2.45, 2.75) is 19.4 Å². The predicted octanol–water partition coefficient (Wildman–Crippen LogP) is 5.97. The molecule has 0 heterocycles. The van der Waals surface area contributed by atoms with Crippen molar-refractivity contribution in [3.8, 4) is 11.5 Å². The molecule has 0 aliphatic heterocycles. The van der Waals surface area contributed by atoms with E-state index >= 15 is 0 Å². The second-order valence-electron chi connectivity index (χ2n) is 7.00. The first-order valence-corrected chi connectivity index (χ1v) is 12.4. The van der Waals surface area contributed by atoms with Crippen LogP contribution >= 0.6 is 23.2 Å². The minimum absolute atomic E-state index is 0.233. The van der Waals surface area contributed by atoms with Gasteiger partial charge in [0.2, 0.25) is 15.9 Å². The number of sulfonamides is 1. The summed E-state index contributed by atoms with van der Waals surface area (Å²) in [6, 6.07) is 19.2. The summed E-state index contributed by atoms with van der Waals surface area (Å²) >= 11 is 12.1. The van der Waals surface area contributed by atoms with Crippen LogP contribution in [-0.2, 0) is 14.8 Å². The minimum Gasteiger partial charge on any atom is -0.455 e. The van der Waals surface area contributed by atoms with E-state index in [1.165, 1.54) is 0 Å². The maximum absolute atomic E-state index is 13.2. The lowest BCUT2D eigenvalue weighted by atomic mass is 10.1. The van der Waals surface area contributed by atoms with E-state index in [1.807, 2.05) is 18.2 Å². The molecule has 32 heavy (non-hydrogen) atoms. The Balaban J connectivity index is 1.93. The van der Waals surface area contributed by atoms with E-state index in [9.17, 15) is 13.2 Å².